The number of rotatable bonds is 7. The lowest BCUT2D eigenvalue weighted by Crippen LogP contribution is -2.31. The van der Waals surface area contributed by atoms with Crippen molar-refractivity contribution in [2.75, 3.05) is 13.2 Å². The molecule has 2 unspecified atom stereocenters. The SMILES string of the molecule is CCC(N)C(OCCOC(C)(C)C)c1ccccn1. The summed E-state index contributed by atoms with van der Waals surface area (Å²) in [6.45, 7) is 9.22. The highest BCUT2D eigenvalue weighted by molar-refractivity contribution is 5.09. The predicted octanol–water partition coefficient (Wildman–Crippen LogP) is 2.69. The molecule has 108 valence electrons. The van der Waals surface area contributed by atoms with Gasteiger partial charge in [-0.2, -0.15) is 0 Å². The van der Waals surface area contributed by atoms with E-state index in [1.807, 2.05) is 39.0 Å². The summed E-state index contributed by atoms with van der Waals surface area (Å²) >= 11 is 0. The fourth-order valence-electron chi connectivity index (χ4n) is 1.71. The Balaban J connectivity index is 2.52. The van der Waals surface area contributed by atoms with Crippen LogP contribution in [0, 0.1) is 0 Å². The van der Waals surface area contributed by atoms with Crippen LogP contribution in [0.3, 0.4) is 0 Å². The first kappa shape index (κ1) is 16.1. The molecule has 2 atom stereocenters. The second-order valence-corrected chi connectivity index (χ2v) is 5.58. The van der Waals surface area contributed by atoms with Gasteiger partial charge in [-0.15, -0.1) is 0 Å². The first-order valence-electron chi connectivity index (χ1n) is 6.86. The Kier molecular flexibility index (Phi) is 6.42. The Morgan fingerprint density at radius 1 is 1.26 bits per heavy atom. The summed E-state index contributed by atoms with van der Waals surface area (Å²) in [7, 11) is 0. The van der Waals surface area contributed by atoms with E-state index in [0.717, 1.165) is 12.1 Å². The third-order valence-corrected chi connectivity index (χ3v) is 2.76. The van der Waals surface area contributed by atoms with E-state index in [0.29, 0.717) is 13.2 Å². The van der Waals surface area contributed by atoms with Crippen LogP contribution in [0.15, 0.2) is 24.4 Å². The largest absolute Gasteiger partial charge is 0.373 e. The highest BCUT2D eigenvalue weighted by Gasteiger charge is 2.20. The molecule has 0 bridgehead atoms. The number of ether oxygens (including phenoxy) is 2. The highest BCUT2D eigenvalue weighted by atomic mass is 16.5. The number of hydrogen-bond donors (Lipinski definition) is 1. The maximum Gasteiger partial charge on any atom is 0.115 e. The molecule has 2 N–H and O–H groups in total. The molecular formula is C15H26N2O2. The Bertz CT molecular complexity index is 349. The van der Waals surface area contributed by atoms with E-state index in [1.54, 1.807) is 6.20 Å². The number of aromatic nitrogens is 1. The van der Waals surface area contributed by atoms with Gasteiger partial charge >= 0.3 is 0 Å². The highest BCUT2D eigenvalue weighted by Crippen LogP contribution is 2.20. The second kappa shape index (κ2) is 7.58. The summed E-state index contributed by atoms with van der Waals surface area (Å²) in [5, 5.41) is 0. The number of hydrogen-bond acceptors (Lipinski definition) is 4. The van der Waals surface area contributed by atoms with Crippen molar-refractivity contribution >= 4 is 0 Å². The Labute approximate surface area is 116 Å². The van der Waals surface area contributed by atoms with E-state index in [9.17, 15) is 0 Å². The van der Waals surface area contributed by atoms with Crippen molar-refractivity contribution < 1.29 is 9.47 Å². The summed E-state index contributed by atoms with van der Waals surface area (Å²) in [6.07, 6.45) is 2.44. The van der Waals surface area contributed by atoms with Crippen molar-refractivity contribution in [1.29, 1.82) is 0 Å². The monoisotopic (exact) mass is 266 g/mol. The smallest absolute Gasteiger partial charge is 0.115 e. The van der Waals surface area contributed by atoms with Crippen LogP contribution in [0.4, 0.5) is 0 Å². The lowest BCUT2D eigenvalue weighted by molar-refractivity contribution is -0.0579. The van der Waals surface area contributed by atoms with Crippen LogP contribution in [0.1, 0.15) is 45.9 Å². The molecule has 1 aromatic heterocycles. The molecule has 19 heavy (non-hydrogen) atoms. The number of pyridine rings is 1. The number of nitrogens with two attached hydrogens (primary N) is 1. The minimum Gasteiger partial charge on any atom is -0.373 e. The third-order valence-electron chi connectivity index (χ3n) is 2.76. The average Bonchev–Trinajstić information content (AvgIpc) is 2.38. The van der Waals surface area contributed by atoms with Crippen LogP contribution in [-0.4, -0.2) is 29.8 Å². The van der Waals surface area contributed by atoms with E-state index in [2.05, 4.69) is 11.9 Å². The predicted molar refractivity (Wildman–Crippen MR) is 76.9 cm³/mol. The molecule has 0 aliphatic heterocycles. The van der Waals surface area contributed by atoms with E-state index in [4.69, 9.17) is 15.2 Å². The quantitative estimate of drug-likeness (QED) is 0.771. The van der Waals surface area contributed by atoms with Gasteiger partial charge in [-0.05, 0) is 39.3 Å². The average molecular weight is 266 g/mol. The molecule has 0 aliphatic carbocycles. The molecule has 0 aliphatic rings. The zero-order chi connectivity index (χ0) is 14.3. The molecule has 4 nitrogen and oxygen atoms in total. The first-order valence-corrected chi connectivity index (χ1v) is 6.86. The van der Waals surface area contributed by atoms with E-state index in [1.165, 1.54) is 0 Å². The number of nitrogens with zero attached hydrogens (tertiary/aromatic N) is 1. The van der Waals surface area contributed by atoms with Crippen molar-refractivity contribution in [2.45, 2.75) is 51.9 Å². The zero-order valence-electron chi connectivity index (χ0n) is 12.4. The van der Waals surface area contributed by atoms with Gasteiger partial charge in [0.05, 0.1) is 24.5 Å². The van der Waals surface area contributed by atoms with Gasteiger partial charge < -0.3 is 15.2 Å². The molecule has 1 rings (SSSR count). The van der Waals surface area contributed by atoms with E-state index < -0.39 is 0 Å². The minimum absolute atomic E-state index is 0.0514. The molecule has 0 aromatic carbocycles. The summed E-state index contributed by atoms with van der Waals surface area (Å²) in [6, 6.07) is 5.74. The van der Waals surface area contributed by atoms with Gasteiger partial charge in [-0.25, -0.2) is 0 Å². The van der Waals surface area contributed by atoms with Crippen molar-refractivity contribution in [3.63, 3.8) is 0 Å². The van der Waals surface area contributed by atoms with Crippen LogP contribution in [0.5, 0.6) is 0 Å². The minimum atomic E-state index is -0.172. The van der Waals surface area contributed by atoms with Crippen LogP contribution in [-0.2, 0) is 9.47 Å². The molecule has 0 saturated carbocycles. The maximum atomic E-state index is 6.11. The Morgan fingerprint density at radius 2 is 2.00 bits per heavy atom. The molecule has 0 spiro atoms. The summed E-state index contributed by atoms with van der Waals surface area (Å²) in [4.78, 5) is 4.33. The van der Waals surface area contributed by atoms with E-state index >= 15 is 0 Å². The third kappa shape index (κ3) is 6.14. The van der Waals surface area contributed by atoms with Gasteiger partial charge in [0.15, 0.2) is 0 Å². The van der Waals surface area contributed by atoms with Crippen LogP contribution < -0.4 is 5.73 Å². The molecule has 1 heterocycles. The lowest BCUT2D eigenvalue weighted by atomic mass is 10.1. The Morgan fingerprint density at radius 3 is 2.53 bits per heavy atom. The van der Waals surface area contributed by atoms with Crippen LogP contribution in [0.2, 0.25) is 0 Å². The van der Waals surface area contributed by atoms with Gasteiger partial charge in [-0.3, -0.25) is 4.98 Å². The normalized spacial score (nSPS) is 15.2. The van der Waals surface area contributed by atoms with Gasteiger partial charge in [0.2, 0.25) is 0 Å². The Hall–Kier alpha value is -0.970. The first-order chi connectivity index (χ1) is 8.94. The molecule has 0 fully saturated rings. The summed E-state index contributed by atoms with van der Waals surface area (Å²) in [5.41, 5.74) is 6.85. The van der Waals surface area contributed by atoms with Crippen molar-refractivity contribution in [3.8, 4) is 0 Å². The fourth-order valence-corrected chi connectivity index (χ4v) is 1.71. The molecule has 0 radical (unpaired) electrons. The summed E-state index contributed by atoms with van der Waals surface area (Å²) in [5.74, 6) is 0. The van der Waals surface area contributed by atoms with Gasteiger partial charge in [-0.1, -0.05) is 13.0 Å². The zero-order valence-corrected chi connectivity index (χ0v) is 12.4. The van der Waals surface area contributed by atoms with Crippen molar-refractivity contribution in [1.82, 2.24) is 4.98 Å². The molecule has 0 saturated heterocycles. The second-order valence-electron chi connectivity index (χ2n) is 5.58. The van der Waals surface area contributed by atoms with Gasteiger partial charge in [0, 0.05) is 12.2 Å². The molecule has 4 heteroatoms. The molecule has 0 amide bonds. The van der Waals surface area contributed by atoms with Crippen LogP contribution in [0.25, 0.3) is 0 Å². The van der Waals surface area contributed by atoms with Gasteiger partial charge in [0.25, 0.3) is 0 Å². The molecule has 1 aromatic rings. The fraction of sp³-hybridized carbons (Fsp3) is 0.667. The standard InChI is InChI=1S/C15H26N2O2/c1-5-12(16)14(13-8-6-7-9-17-13)18-10-11-19-15(2,3)4/h6-9,12,14H,5,10-11,16H2,1-4H3. The van der Waals surface area contributed by atoms with Crippen molar-refractivity contribution in [3.05, 3.63) is 30.1 Å². The molecular weight excluding hydrogens is 240 g/mol. The van der Waals surface area contributed by atoms with Gasteiger partial charge in [0.1, 0.15) is 6.10 Å². The topological polar surface area (TPSA) is 57.4 Å². The van der Waals surface area contributed by atoms with Crippen molar-refractivity contribution in [2.24, 2.45) is 5.73 Å². The summed E-state index contributed by atoms with van der Waals surface area (Å²) < 4.78 is 11.5. The van der Waals surface area contributed by atoms with Crippen LogP contribution >= 0.6 is 0 Å². The van der Waals surface area contributed by atoms with E-state index in [-0.39, 0.29) is 17.7 Å². The maximum absolute atomic E-state index is 6.11. The lowest BCUT2D eigenvalue weighted by Gasteiger charge is -2.24.